The molecule has 11 heteroatoms. The van der Waals surface area contributed by atoms with Crippen molar-refractivity contribution in [2.75, 3.05) is 42.5 Å². The molecular weight excluding hydrogens is 526 g/mol. The average Bonchev–Trinajstić information content (AvgIpc) is 2.91. The lowest BCUT2D eigenvalue weighted by atomic mass is 10.00. The van der Waals surface area contributed by atoms with E-state index >= 15 is 0 Å². The highest BCUT2D eigenvalue weighted by Gasteiger charge is 2.31. The monoisotopic (exact) mass is 559 g/mol. The molecule has 2 amide bonds. The number of hydrogen-bond donors (Lipinski definition) is 2. The molecule has 38 heavy (non-hydrogen) atoms. The zero-order valence-corrected chi connectivity index (χ0v) is 23.5. The molecule has 2 aromatic carbocycles. The number of nitrogens with one attached hydrogen (secondary N) is 1. The number of halogens is 1. The number of anilines is 2. The summed E-state index contributed by atoms with van der Waals surface area (Å²) in [6.45, 7) is 8.21. The number of piperazine rings is 1. The molecule has 0 spiro atoms. The number of aryl methyl sites for hydroxylation is 1. The highest BCUT2D eigenvalue weighted by atomic mass is 35.5. The van der Waals surface area contributed by atoms with Gasteiger partial charge >= 0.3 is 0 Å². The van der Waals surface area contributed by atoms with Crippen molar-refractivity contribution in [1.82, 2.24) is 9.62 Å². The first-order valence-electron chi connectivity index (χ1n) is 12.7. The van der Waals surface area contributed by atoms with Crippen LogP contribution in [0.1, 0.15) is 32.8 Å². The quantitative estimate of drug-likeness (QED) is 0.523. The standard InChI is InChI=1S/C27H34ClN5O4S/c1-18(19(2)29)26(34)30-38(36,37)24-9-7-23(8-10-24)31-13-15-32(16-14-31)27(35)20(3)33-12-4-5-21-17-22(28)6-11-25(21)33/h6-11,17,20H,4-5,12-16,29H2,1-3H3,(H,30,34)/t20-/m1/s1. The Morgan fingerprint density at radius 2 is 1.66 bits per heavy atom. The summed E-state index contributed by atoms with van der Waals surface area (Å²) >= 11 is 6.17. The summed E-state index contributed by atoms with van der Waals surface area (Å²) in [5, 5.41) is 0.713. The molecule has 0 aromatic heterocycles. The number of hydrogen-bond acceptors (Lipinski definition) is 7. The molecule has 9 nitrogen and oxygen atoms in total. The molecule has 2 aliphatic heterocycles. The second kappa shape index (κ2) is 11.2. The van der Waals surface area contributed by atoms with Gasteiger partial charge in [0.15, 0.2) is 0 Å². The molecule has 0 radical (unpaired) electrons. The first kappa shape index (κ1) is 27.8. The normalized spacial score (nSPS) is 17.4. The Morgan fingerprint density at radius 3 is 2.29 bits per heavy atom. The van der Waals surface area contributed by atoms with Gasteiger partial charge in [-0.1, -0.05) is 11.6 Å². The molecule has 2 heterocycles. The highest BCUT2D eigenvalue weighted by molar-refractivity contribution is 7.90. The van der Waals surface area contributed by atoms with Gasteiger partial charge in [0.2, 0.25) is 5.91 Å². The summed E-state index contributed by atoms with van der Waals surface area (Å²) < 4.78 is 27.2. The lowest BCUT2D eigenvalue weighted by Crippen LogP contribution is -2.55. The first-order chi connectivity index (χ1) is 18.0. The van der Waals surface area contributed by atoms with Gasteiger partial charge in [-0.15, -0.1) is 0 Å². The summed E-state index contributed by atoms with van der Waals surface area (Å²) in [5.74, 6) is -0.650. The van der Waals surface area contributed by atoms with Gasteiger partial charge in [0.1, 0.15) is 6.04 Å². The molecule has 0 saturated carbocycles. The van der Waals surface area contributed by atoms with E-state index in [4.69, 9.17) is 17.3 Å². The predicted octanol–water partition coefficient (Wildman–Crippen LogP) is 2.89. The first-order valence-corrected chi connectivity index (χ1v) is 14.5. The Labute approximate surface area is 229 Å². The van der Waals surface area contributed by atoms with E-state index < -0.39 is 15.9 Å². The van der Waals surface area contributed by atoms with Gasteiger partial charge in [-0.2, -0.15) is 0 Å². The van der Waals surface area contributed by atoms with Gasteiger partial charge in [0.25, 0.3) is 15.9 Å². The van der Waals surface area contributed by atoms with Gasteiger partial charge in [0, 0.05) is 60.4 Å². The van der Waals surface area contributed by atoms with E-state index in [9.17, 15) is 18.0 Å². The lowest BCUT2D eigenvalue weighted by Gasteiger charge is -2.41. The van der Waals surface area contributed by atoms with Crippen molar-refractivity contribution in [3.8, 4) is 0 Å². The molecule has 4 rings (SSSR count). The van der Waals surface area contributed by atoms with E-state index in [0.717, 1.165) is 30.8 Å². The summed E-state index contributed by atoms with van der Waals surface area (Å²) in [5.41, 5.74) is 9.11. The van der Waals surface area contributed by atoms with Crippen LogP contribution >= 0.6 is 11.6 Å². The Morgan fingerprint density at radius 1 is 1.00 bits per heavy atom. The highest BCUT2D eigenvalue weighted by Crippen LogP contribution is 2.31. The number of allylic oxidation sites excluding steroid dienone is 1. The Balaban J connectivity index is 1.36. The maximum absolute atomic E-state index is 13.4. The van der Waals surface area contributed by atoms with Crippen molar-refractivity contribution < 1.29 is 18.0 Å². The van der Waals surface area contributed by atoms with Crippen molar-refractivity contribution in [2.24, 2.45) is 5.73 Å². The number of rotatable bonds is 6. The summed E-state index contributed by atoms with van der Waals surface area (Å²) in [7, 11) is -4.02. The Bertz CT molecular complexity index is 1350. The van der Waals surface area contributed by atoms with Crippen LogP contribution in [-0.4, -0.2) is 63.9 Å². The third kappa shape index (κ3) is 5.91. The molecule has 1 fully saturated rings. The van der Waals surface area contributed by atoms with Gasteiger partial charge in [-0.05, 0) is 81.6 Å². The van der Waals surface area contributed by atoms with E-state index in [1.54, 1.807) is 12.1 Å². The van der Waals surface area contributed by atoms with Gasteiger partial charge in [0.05, 0.1) is 4.90 Å². The predicted molar refractivity (Wildman–Crippen MR) is 150 cm³/mol. The molecule has 204 valence electrons. The third-order valence-electron chi connectivity index (χ3n) is 7.28. The number of fused-ring (bicyclic) bond motifs is 1. The van der Waals surface area contributed by atoms with Gasteiger partial charge < -0.3 is 20.4 Å². The maximum Gasteiger partial charge on any atom is 0.264 e. The van der Waals surface area contributed by atoms with Crippen LogP contribution in [0.4, 0.5) is 11.4 Å². The van der Waals surface area contributed by atoms with Gasteiger partial charge in [-0.3, -0.25) is 9.59 Å². The minimum Gasteiger partial charge on any atom is -0.402 e. The number of nitrogens with zero attached hydrogens (tertiary/aromatic N) is 3. The van der Waals surface area contributed by atoms with Crippen LogP contribution in [0.15, 0.2) is 58.6 Å². The van der Waals surface area contributed by atoms with Crippen LogP contribution in [0.3, 0.4) is 0 Å². The SMILES string of the molecule is CC(N)=C(C)C(=O)NS(=O)(=O)c1ccc(N2CCN(C(=O)[C@@H](C)N3CCCc4cc(Cl)ccc43)CC2)cc1. The van der Waals surface area contributed by atoms with E-state index in [-0.39, 0.29) is 28.1 Å². The lowest BCUT2D eigenvalue weighted by molar-refractivity contribution is -0.132. The van der Waals surface area contributed by atoms with Crippen LogP contribution in [0.5, 0.6) is 0 Å². The van der Waals surface area contributed by atoms with E-state index in [2.05, 4.69) is 9.80 Å². The minimum atomic E-state index is -4.02. The number of sulfonamides is 1. The van der Waals surface area contributed by atoms with Crippen LogP contribution in [0, 0.1) is 0 Å². The number of nitrogens with two attached hydrogens (primary N) is 1. The Kier molecular flexibility index (Phi) is 8.22. The smallest absolute Gasteiger partial charge is 0.264 e. The number of benzene rings is 2. The van der Waals surface area contributed by atoms with Crippen molar-refractivity contribution in [3.05, 3.63) is 64.3 Å². The van der Waals surface area contributed by atoms with Crippen molar-refractivity contribution in [3.63, 3.8) is 0 Å². The Hall–Kier alpha value is -3.24. The van der Waals surface area contributed by atoms with Crippen molar-refractivity contribution in [2.45, 2.75) is 44.6 Å². The molecule has 1 atom stereocenters. The third-order valence-corrected chi connectivity index (χ3v) is 8.87. The van der Waals surface area contributed by atoms with Crippen LogP contribution in [0.2, 0.25) is 5.02 Å². The summed E-state index contributed by atoms with van der Waals surface area (Å²) in [4.78, 5) is 31.7. The van der Waals surface area contributed by atoms with Crippen LogP contribution in [0.25, 0.3) is 0 Å². The van der Waals surface area contributed by atoms with Crippen molar-refractivity contribution in [1.29, 1.82) is 0 Å². The second-order valence-corrected chi connectivity index (χ2v) is 11.9. The minimum absolute atomic E-state index is 0.0113. The largest absolute Gasteiger partial charge is 0.402 e. The summed E-state index contributed by atoms with van der Waals surface area (Å²) in [6.07, 6.45) is 1.94. The number of carbonyl (C=O) groups excluding carboxylic acids is 2. The van der Waals surface area contributed by atoms with E-state index in [1.165, 1.54) is 31.5 Å². The number of amides is 2. The zero-order chi connectivity index (χ0) is 27.6. The van der Waals surface area contributed by atoms with Crippen LogP contribution in [-0.2, 0) is 26.0 Å². The zero-order valence-electron chi connectivity index (χ0n) is 21.9. The topological polar surface area (TPSA) is 116 Å². The van der Waals surface area contributed by atoms with Crippen molar-refractivity contribution >= 4 is 44.8 Å². The van der Waals surface area contributed by atoms with E-state index in [1.807, 2.05) is 34.7 Å². The van der Waals surface area contributed by atoms with Gasteiger partial charge in [-0.25, -0.2) is 13.1 Å². The molecule has 2 aromatic rings. The maximum atomic E-state index is 13.4. The molecule has 1 saturated heterocycles. The second-order valence-electron chi connectivity index (χ2n) is 9.79. The molecular formula is C27H34ClN5O4S. The summed E-state index contributed by atoms with van der Waals surface area (Å²) in [6, 6.07) is 12.0. The average molecular weight is 560 g/mol. The molecule has 2 aliphatic rings. The molecule has 0 aliphatic carbocycles. The molecule has 3 N–H and O–H groups in total. The number of carbonyl (C=O) groups is 2. The fourth-order valence-corrected chi connectivity index (χ4v) is 6.06. The fourth-order valence-electron chi connectivity index (χ4n) is 4.85. The van der Waals surface area contributed by atoms with E-state index in [0.29, 0.717) is 31.2 Å². The fraction of sp³-hybridized carbons (Fsp3) is 0.407. The molecule has 0 bridgehead atoms. The van der Waals surface area contributed by atoms with Crippen LogP contribution < -0.4 is 20.3 Å². The molecule has 0 unspecified atom stereocenters.